The zero-order valence-corrected chi connectivity index (χ0v) is 9.80. The van der Waals surface area contributed by atoms with Crippen molar-refractivity contribution in [3.8, 4) is 0 Å². The van der Waals surface area contributed by atoms with Crippen molar-refractivity contribution in [1.29, 1.82) is 0 Å². The fourth-order valence-electron chi connectivity index (χ4n) is 2.47. The number of nitrogens with zero attached hydrogens (tertiary/aromatic N) is 1. The number of hydrogen-bond donors (Lipinski definition) is 0. The molecule has 88 valence electrons. The Hall–Kier alpha value is -1.42. The van der Waals surface area contributed by atoms with E-state index in [4.69, 9.17) is 4.74 Å². The van der Waals surface area contributed by atoms with E-state index >= 15 is 0 Å². The van der Waals surface area contributed by atoms with Crippen molar-refractivity contribution in [2.75, 3.05) is 20.2 Å². The van der Waals surface area contributed by atoms with Gasteiger partial charge in [-0.15, -0.1) is 0 Å². The van der Waals surface area contributed by atoms with Crippen LogP contribution in [0.15, 0.2) is 42.5 Å². The van der Waals surface area contributed by atoms with Crippen LogP contribution < -0.4 is 0 Å². The molecule has 0 N–H and O–H groups in total. The maximum absolute atomic E-state index is 12.3. The molecule has 1 aliphatic heterocycles. The van der Waals surface area contributed by atoms with Crippen LogP contribution in [0.25, 0.3) is 10.8 Å². The zero-order chi connectivity index (χ0) is 11.9. The van der Waals surface area contributed by atoms with Crippen molar-refractivity contribution in [2.24, 2.45) is 0 Å². The summed E-state index contributed by atoms with van der Waals surface area (Å²) in [5, 5.41) is 14.6. The number of likely N-dealkylation sites (N-methyl/N-ethyl adjacent to an activating group) is 1. The Bertz CT molecular complexity index is 545. The number of hydrogen-bond acceptors (Lipinski definition) is 2. The van der Waals surface area contributed by atoms with E-state index in [2.05, 4.69) is 12.1 Å². The van der Waals surface area contributed by atoms with Crippen LogP contribution in [0.5, 0.6) is 0 Å². The molecule has 1 fully saturated rings. The maximum atomic E-state index is 12.3. The minimum atomic E-state index is -0.388. The van der Waals surface area contributed by atoms with Crippen molar-refractivity contribution in [1.82, 2.24) is 0 Å². The highest BCUT2D eigenvalue weighted by molar-refractivity contribution is 5.85. The summed E-state index contributed by atoms with van der Waals surface area (Å²) in [7, 11) is 1.68. The Morgan fingerprint density at radius 1 is 1.18 bits per heavy atom. The largest absolute Gasteiger partial charge is 0.631 e. The third kappa shape index (κ3) is 1.72. The average Bonchev–Trinajstić information content (AvgIpc) is 2.68. The molecule has 1 saturated heterocycles. The van der Waals surface area contributed by atoms with E-state index in [0.717, 1.165) is 16.3 Å². The minimum absolute atomic E-state index is 0.339. The van der Waals surface area contributed by atoms with E-state index in [1.165, 1.54) is 0 Å². The van der Waals surface area contributed by atoms with Gasteiger partial charge in [-0.3, -0.25) is 0 Å². The Morgan fingerprint density at radius 2 is 1.94 bits per heavy atom. The first-order valence-electron chi connectivity index (χ1n) is 5.84. The molecule has 17 heavy (non-hydrogen) atoms. The summed E-state index contributed by atoms with van der Waals surface area (Å²) < 4.78 is 5.28. The van der Waals surface area contributed by atoms with Gasteiger partial charge in [-0.1, -0.05) is 36.4 Å². The van der Waals surface area contributed by atoms with Gasteiger partial charge < -0.3 is 14.6 Å². The van der Waals surface area contributed by atoms with Gasteiger partial charge in [-0.25, -0.2) is 0 Å². The number of fused-ring (bicyclic) bond motifs is 1. The topological polar surface area (TPSA) is 32.3 Å². The fourth-order valence-corrected chi connectivity index (χ4v) is 2.47. The molecule has 0 radical (unpaired) electrons. The van der Waals surface area contributed by atoms with Gasteiger partial charge in [0.15, 0.2) is 0 Å². The first kappa shape index (κ1) is 10.7. The molecule has 2 atom stereocenters. The summed E-state index contributed by atoms with van der Waals surface area (Å²) in [6.45, 7) is 1.06. The fraction of sp³-hybridized carbons (Fsp3) is 0.286. The zero-order valence-electron chi connectivity index (χ0n) is 9.80. The molecule has 0 aromatic heterocycles. The van der Waals surface area contributed by atoms with Gasteiger partial charge in [-0.05, 0) is 16.8 Å². The molecular formula is C14H15NO2. The quantitative estimate of drug-likeness (QED) is 0.556. The molecular weight excluding hydrogens is 214 g/mol. The van der Waals surface area contributed by atoms with Crippen molar-refractivity contribution >= 4 is 10.8 Å². The van der Waals surface area contributed by atoms with E-state index in [1.807, 2.05) is 30.3 Å². The van der Waals surface area contributed by atoms with Crippen LogP contribution in [0.2, 0.25) is 0 Å². The van der Waals surface area contributed by atoms with Gasteiger partial charge in [0, 0.05) is 5.56 Å². The van der Waals surface area contributed by atoms with E-state index in [-0.39, 0.29) is 10.9 Å². The lowest BCUT2D eigenvalue weighted by Crippen LogP contribution is -2.37. The van der Waals surface area contributed by atoms with Crippen LogP contribution >= 0.6 is 0 Å². The van der Waals surface area contributed by atoms with Gasteiger partial charge in [0.1, 0.15) is 13.2 Å². The van der Waals surface area contributed by atoms with Crippen molar-refractivity contribution in [2.45, 2.75) is 6.23 Å². The predicted octanol–water partition coefficient (Wildman–Crippen LogP) is 2.81. The maximum Gasteiger partial charge on any atom is 0.220 e. The first-order chi connectivity index (χ1) is 8.18. The Morgan fingerprint density at radius 3 is 2.71 bits per heavy atom. The number of quaternary nitrogens is 1. The van der Waals surface area contributed by atoms with Crippen LogP contribution in [0.3, 0.4) is 0 Å². The molecule has 0 bridgehead atoms. The van der Waals surface area contributed by atoms with Crippen LogP contribution in [0, 0.1) is 5.21 Å². The molecule has 2 aromatic carbocycles. The second kappa shape index (κ2) is 3.81. The Balaban J connectivity index is 2.17. The molecule has 0 aliphatic carbocycles. The lowest BCUT2D eigenvalue weighted by molar-refractivity contribution is -0.892. The molecule has 0 saturated carbocycles. The van der Waals surface area contributed by atoms with E-state index in [0.29, 0.717) is 13.2 Å². The van der Waals surface area contributed by atoms with E-state index < -0.39 is 0 Å². The highest BCUT2D eigenvalue weighted by Gasteiger charge is 2.34. The summed E-state index contributed by atoms with van der Waals surface area (Å²) in [6.07, 6.45) is -0.388. The Labute approximate surface area is 100 Å². The van der Waals surface area contributed by atoms with Crippen LogP contribution in [0.1, 0.15) is 11.8 Å². The Kier molecular flexibility index (Phi) is 2.40. The summed E-state index contributed by atoms with van der Waals surface area (Å²) >= 11 is 0. The van der Waals surface area contributed by atoms with Crippen molar-refractivity contribution in [3.05, 3.63) is 53.2 Å². The number of benzene rings is 2. The highest BCUT2D eigenvalue weighted by Crippen LogP contribution is 2.35. The monoisotopic (exact) mass is 229 g/mol. The summed E-state index contributed by atoms with van der Waals surface area (Å²) in [5.74, 6) is 0. The minimum Gasteiger partial charge on any atom is -0.631 e. The molecule has 2 aromatic rings. The second-order valence-electron chi connectivity index (χ2n) is 4.69. The normalized spacial score (nSPS) is 28.7. The van der Waals surface area contributed by atoms with Crippen LogP contribution in [-0.2, 0) is 4.74 Å². The number of hydroxylamine groups is 3. The molecule has 0 amide bonds. The van der Waals surface area contributed by atoms with Crippen molar-refractivity contribution in [3.63, 3.8) is 0 Å². The lowest BCUT2D eigenvalue weighted by Gasteiger charge is -2.38. The van der Waals surface area contributed by atoms with Gasteiger partial charge >= 0.3 is 0 Å². The summed E-state index contributed by atoms with van der Waals surface area (Å²) in [4.78, 5) is 0. The van der Waals surface area contributed by atoms with Gasteiger partial charge in [0.2, 0.25) is 6.23 Å². The summed E-state index contributed by atoms with van der Waals surface area (Å²) in [5.41, 5.74) is 0.998. The van der Waals surface area contributed by atoms with Gasteiger partial charge in [-0.2, -0.15) is 0 Å². The van der Waals surface area contributed by atoms with Crippen LogP contribution in [0.4, 0.5) is 0 Å². The third-order valence-corrected chi connectivity index (χ3v) is 3.40. The highest BCUT2D eigenvalue weighted by atomic mass is 16.6. The smallest absolute Gasteiger partial charge is 0.220 e. The molecule has 2 unspecified atom stereocenters. The standard InChI is InChI=1S/C14H15NO2/c1-15(16)9-10-17-14(15)13-8-4-6-11-5-2-3-7-12(11)13/h2-8,14H,9-10H2,1H3. The lowest BCUT2D eigenvalue weighted by atomic mass is 10.0. The molecule has 1 aliphatic rings. The van der Waals surface area contributed by atoms with Crippen molar-refractivity contribution < 1.29 is 9.38 Å². The molecule has 0 spiro atoms. The molecule has 3 nitrogen and oxygen atoms in total. The third-order valence-electron chi connectivity index (χ3n) is 3.40. The molecule has 1 heterocycles. The first-order valence-corrected chi connectivity index (χ1v) is 5.84. The summed E-state index contributed by atoms with van der Waals surface area (Å²) in [6, 6.07) is 14.1. The van der Waals surface area contributed by atoms with E-state index in [1.54, 1.807) is 7.05 Å². The van der Waals surface area contributed by atoms with E-state index in [9.17, 15) is 5.21 Å². The number of rotatable bonds is 1. The number of ether oxygens (including phenoxy) is 1. The molecule has 3 heteroatoms. The second-order valence-corrected chi connectivity index (χ2v) is 4.69. The van der Waals surface area contributed by atoms with Gasteiger partial charge in [0.25, 0.3) is 0 Å². The molecule has 3 rings (SSSR count). The van der Waals surface area contributed by atoms with Crippen LogP contribution in [-0.4, -0.2) is 24.8 Å². The SMILES string of the molecule is C[N+]1([O-])CCOC1c1cccc2ccccc12. The predicted molar refractivity (Wildman–Crippen MR) is 67.1 cm³/mol. The van der Waals surface area contributed by atoms with Gasteiger partial charge in [0.05, 0.1) is 7.05 Å². The average molecular weight is 229 g/mol.